The predicted octanol–water partition coefficient (Wildman–Crippen LogP) is 4.29. The van der Waals surface area contributed by atoms with Gasteiger partial charge in [-0.25, -0.2) is 8.78 Å². The summed E-state index contributed by atoms with van der Waals surface area (Å²) in [4.78, 5) is -0.455. The molecule has 2 N–H and O–H groups in total. The Bertz CT molecular complexity index is 767. The average molecular weight is 361 g/mol. The molecule has 25 heavy (non-hydrogen) atoms. The fourth-order valence-corrected chi connectivity index (χ4v) is 4.59. The third-order valence-corrected chi connectivity index (χ3v) is 5.78. The third kappa shape index (κ3) is 3.41. The summed E-state index contributed by atoms with van der Waals surface area (Å²) in [6, 6.07) is 13.5. The van der Waals surface area contributed by atoms with Gasteiger partial charge in [-0.3, -0.25) is 5.01 Å². The number of nitrogens with zero attached hydrogens (tertiary/aromatic N) is 2. The van der Waals surface area contributed by atoms with Gasteiger partial charge in [-0.05, 0) is 50.1 Å². The molecule has 0 aromatic heterocycles. The molecular weight excluding hydrogens is 340 g/mol. The van der Waals surface area contributed by atoms with Crippen LogP contribution in [0.4, 0.5) is 8.78 Å². The first-order valence-corrected chi connectivity index (χ1v) is 9.18. The van der Waals surface area contributed by atoms with E-state index in [4.69, 9.17) is 5.73 Å². The molecule has 1 heterocycles. The summed E-state index contributed by atoms with van der Waals surface area (Å²) in [5.41, 5.74) is 7.04. The molecule has 0 bridgehead atoms. The van der Waals surface area contributed by atoms with Crippen LogP contribution in [0.3, 0.4) is 0 Å². The van der Waals surface area contributed by atoms with Crippen LogP contribution >= 0.6 is 11.8 Å². The van der Waals surface area contributed by atoms with Gasteiger partial charge in [0.2, 0.25) is 0 Å². The van der Waals surface area contributed by atoms with Gasteiger partial charge >= 0.3 is 0 Å². The van der Waals surface area contributed by atoms with Crippen molar-refractivity contribution in [1.29, 1.82) is 0 Å². The van der Waals surface area contributed by atoms with Gasteiger partial charge in [0, 0.05) is 12.1 Å². The van der Waals surface area contributed by atoms with Crippen molar-refractivity contribution in [1.82, 2.24) is 5.01 Å². The van der Waals surface area contributed by atoms with Crippen molar-refractivity contribution in [3.63, 3.8) is 0 Å². The molecule has 0 saturated carbocycles. The fourth-order valence-electron chi connectivity index (χ4n) is 3.09. The van der Waals surface area contributed by atoms with E-state index in [0.29, 0.717) is 18.1 Å². The van der Waals surface area contributed by atoms with E-state index >= 15 is 0 Å². The van der Waals surface area contributed by atoms with Crippen LogP contribution in [-0.2, 0) is 4.87 Å². The van der Waals surface area contributed by atoms with Crippen LogP contribution in [0.5, 0.6) is 0 Å². The molecule has 132 valence electrons. The minimum absolute atomic E-state index is 0.203. The summed E-state index contributed by atoms with van der Waals surface area (Å²) in [5, 5.41) is 7.09. The fraction of sp³-hybridized carbons (Fsp3) is 0.316. The van der Waals surface area contributed by atoms with Crippen molar-refractivity contribution in [2.24, 2.45) is 10.8 Å². The highest BCUT2D eigenvalue weighted by Gasteiger charge is 2.44. The van der Waals surface area contributed by atoms with E-state index in [1.807, 2.05) is 42.3 Å². The number of rotatable bonds is 6. The lowest BCUT2D eigenvalue weighted by molar-refractivity contribution is 0.180. The molecule has 0 spiro atoms. The molecule has 0 amide bonds. The van der Waals surface area contributed by atoms with E-state index in [1.54, 1.807) is 0 Å². The lowest BCUT2D eigenvalue weighted by atomic mass is 10.0. The number of hydrogen-bond acceptors (Lipinski definition) is 4. The second-order valence-electron chi connectivity index (χ2n) is 5.89. The number of benzene rings is 2. The van der Waals surface area contributed by atoms with Crippen LogP contribution in [0.25, 0.3) is 0 Å². The highest BCUT2D eigenvalue weighted by Crippen LogP contribution is 2.50. The number of halogens is 2. The van der Waals surface area contributed by atoms with E-state index in [9.17, 15) is 8.78 Å². The van der Waals surface area contributed by atoms with Crippen molar-refractivity contribution < 1.29 is 8.78 Å². The molecule has 3 rings (SSSR count). The smallest absolute Gasteiger partial charge is 0.134 e. The zero-order valence-corrected chi connectivity index (χ0v) is 14.9. The number of thioether (sulfide) groups is 1. The first kappa shape index (κ1) is 17.9. The minimum Gasteiger partial charge on any atom is -0.330 e. The van der Waals surface area contributed by atoms with Crippen molar-refractivity contribution in [3.8, 4) is 0 Å². The molecule has 0 saturated heterocycles. The van der Waals surface area contributed by atoms with Crippen LogP contribution in [0.2, 0.25) is 0 Å². The monoisotopic (exact) mass is 361 g/mol. The molecule has 0 fully saturated rings. The maximum absolute atomic E-state index is 14.3. The Balaban J connectivity index is 2.04. The highest BCUT2D eigenvalue weighted by atomic mass is 32.2. The normalized spacial score (nSPS) is 20.0. The Hall–Kier alpha value is -1.92. The van der Waals surface area contributed by atoms with Gasteiger partial charge in [-0.15, -0.1) is 0 Å². The minimum atomic E-state index is -0.470. The van der Waals surface area contributed by atoms with E-state index in [0.717, 1.165) is 30.5 Å². The molecule has 0 aliphatic carbocycles. The summed E-state index contributed by atoms with van der Waals surface area (Å²) in [6.45, 7) is 3.23. The van der Waals surface area contributed by atoms with Crippen molar-refractivity contribution in [2.45, 2.75) is 24.6 Å². The van der Waals surface area contributed by atoms with Gasteiger partial charge in [-0.2, -0.15) is 5.10 Å². The van der Waals surface area contributed by atoms with Gasteiger partial charge in [0.25, 0.3) is 0 Å². The molecule has 6 heteroatoms. The molecule has 1 aliphatic rings. The number of hydrogen-bond donors (Lipinski definition) is 1. The second-order valence-corrected chi connectivity index (χ2v) is 7.16. The standard InChI is InChI=1S/C19H21F2N3S/c1-2-24-19(11-6-12-22,14-7-4-3-5-8-14)25-18(23-24)16-13-15(20)9-10-17(16)21/h3-5,7-10,13H,2,6,11-12,22H2,1H3. The molecule has 1 atom stereocenters. The predicted molar refractivity (Wildman–Crippen MR) is 99.3 cm³/mol. The van der Waals surface area contributed by atoms with Gasteiger partial charge in [0.15, 0.2) is 0 Å². The summed E-state index contributed by atoms with van der Waals surface area (Å²) in [6.07, 6.45) is 1.59. The third-order valence-electron chi connectivity index (χ3n) is 4.30. The van der Waals surface area contributed by atoms with E-state index in [2.05, 4.69) is 5.10 Å². The quantitative estimate of drug-likeness (QED) is 0.835. The Morgan fingerprint density at radius 2 is 1.92 bits per heavy atom. The Morgan fingerprint density at radius 3 is 2.60 bits per heavy atom. The summed E-state index contributed by atoms with van der Waals surface area (Å²) >= 11 is 1.47. The zero-order valence-electron chi connectivity index (χ0n) is 14.1. The maximum atomic E-state index is 14.3. The lowest BCUT2D eigenvalue weighted by Crippen LogP contribution is -2.37. The largest absolute Gasteiger partial charge is 0.330 e. The molecule has 2 aromatic carbocycles. The van der Waals surface area contributed by atoms with Crippen LogP contribution in [0.15, 0.2) is 53.6 Å². The van der Waals surface area contributed by atoms with Crippen LogP contribution in [0, 0.1) is 11.6 Å². The summed E-state index contributed by atoms with van der Waals surface area (Å²) in [7, 11) is 0. The van der Waals surface area contributed by atoms with Crippen molar-refractivity contribution in [3.05, 3.63) is 71.3 Å². The maximum Gasteiger partial charge on any atom is 0.134 e. The highest BCUT2D eigenvalue weighted by molar-refractivity contribution is 8.15. The van der Waals surface area contributed by atoms with Crippen molar-refractivity contribution >= 4 is 16.8 Å². The number of nitrogens with two attached hydrogens (primary N) is 1. The van der Waals surface area contributed by atoms with Gasteiger partial charge in [0.05, 0.1) is 0 Å². The van der Waals surface area contributed by atoms with Crippen molar-refractivity contribution in [2.75, 3.05) is 13.1 Å². The van der Waals surface area contributed by atoms with Gasteiger partial charge < -0.3 is 5.73 Å². The molecular formula is C19H21F2N3S. The van der Waals surface area contributed by atoms with Crippen LogP contribution in [0.1, 0.15) is 30.9 Å². The average Bonchev–Trinajstić information content (AvgIpc) is 3.02. The Kier molecular flexibility index (Phi) is 5.39. The SMILES string of the molecule is CCN1N=C(c2cc(F)ccc2F)SC1(CCCN)c1ccccc1. The second kappa shape index (κ2) is 7.54. The molecule has 1 aliphatic heterocycles. The molecule has 2 aromatic rings. The Morgan fingerprint density at radius 1 is 1.16 bits per heavy atom. The molecule has 1 unspecified atom stereocenters. The van der Waals surface area contributed by atoms with E-state index < -0.39 is 16.5 Å². The summed E-state index contributed by atoms with van der Waals surface area (Å²) in [5.74, 6) is -0.937. The van der Waals surface area contributed by atoms with E-state index in [1.165, 1.54) is 17.8 Å². The summed E-state index contributed by atoms with van der Waals surface area (Å²) < 4.78 is 27.9. The first-order chi connectivity index (χ1) is 12.1. The van der Waals surface area contributed by atoms with E-state index in [-0.39, 0.29) is 5.56 Å². The molecule has 3 nitrogen and oxygen atoms in total. The number of hydrazone groups is 1. The Labute approximate surface area is 150 Å². The van der Waals surface area contributed by atoms with Crippen LogP contribution in [-0.4, -0.2) is 23.1 Å². The zero-order chi connectivity index (χ0) is 17.9. The van der Waals surface area contributed by atoms with Gasteiger partial charge in [-0.1, -0.05) is 42.1 Å². The lowest BCUT2D eigenvalue weighted by Gasteiger charge is -2.36. The first-order valence-electron chi connectivity index (χ1n) is 8.37. The van der Waals surface area contributed by atoms with Gasteiger partial charge in [0.1, 0.15) is 21.5 Å². The topological polar surface area (TPSA) is 41.6 Å². The van der Waals surface area contributed by atoms with Crippen LogP contribution < -0.4 is 5.73 Å². The molecule has 0 radical (unpaired) electrons.